The summed E-state index contributed by atoms with van der Waals surface area (Å²) in [5.74, 6) is -0.380. The molecule has 1 saturated heterocycles. The lowest BCUT2D eigenvalue weighted by atomic mass is 9.96. The number of anilines is 1. The number of ether oxygens (including phenoxy) is 1. The van der Waals surface area contributed by atoms with E-state index in [0.717, 1.165) is 6.42 Å². The van der Waals surface area contributed by atoms with Crippen molar-refractivity contribution in [2.24, 2.45) is 5.92 Å². The number of benzene rings is 1. The number of carbonyl (C=O) groups is 3. The highest BCUT2D eigenvalue weighted by Crippen LogP contribution is 2.27. The predicted molar refractivity (Wildman–Crippen MR) is 117 cm³/mol. The summed E-state index contributed by atoms with van der Waals surface area (Å²) in [5.41, 5.74) is 0.446. The van der Waals surface area contributed by atoms with Gasteiger partial charge in [0.2, 0.25) is 11.8 Å². The van der Waals surface area contributed by atoms with Gasteiger partial charge in [-0.1, -0.05) is 17.7 Å². The van der Waals surface area contributed by atoms with Crippen molar-refractivity contribution in [1.82, 2.24) is 9.80 Å². The van der Waals surface area contributed by atoms with Crippen molar-refractivity contribution in [2.45, 2.75) is 12.8 Å². The van der Waals surface area contributed by atoms with Crippen LogP contribution in [-0.2, 0) is 9.59 Å². The Kier molecular flexibility index (Phi) is 7.33. The number of halogens is 1. The third kappa shape index (κ3) is 5.31. The fraction of sp³-hybridized carbons (Fsp3) is 0.381. The van der Waals surface area contributed by atoms with Crippen molar-refractivity contribution < 1.29 is 19.1 Å². The van der Waals surface area contributed by atoms with E-state index >= 15 is 0 Å². The van der Waals surface area contributed by atoms with Crippen molar-refractivity contribution in [3.8, 4) is 5.75 Å². The minimum absolute atomic E-state index is 0.0454. The first-order valence-corrected chi connectivity index (χ1v) is 10.9. The Labute approximate surface area is 184 Å². The zero-order valence-corrected chi connectivity index (χ0v) is 18.5. The molecule has 1 atom stereocenters. The molecule has 0 aliphatic carbocycles. The number of thiophene rings is 1. The minimum Gasteiger partial charge on any atom is -0.495 e. The molecule has 0 radical (unpaired) electrons. The number of hydrogen-bond acceptors (Lipinski definition) is 5. The van der Waals surface area contributed by atoms with Crippen molar-refractivity contribution in [3.05, 3.63) is 45.6 Å². The van der Waals surface area contributed by atoms with Crippen molar-refractivity contribution in [2.75, 3.05) is 39.1 Å². The van der Waals surface area contributed by atoms with Crippen LogP contribution in [-0.4, -0.2) is 61.3 Å². The van der Waals surface area contributed by atoms with Crippen molar-refractivity contribution in [1.29, 1.82) is 0 Å². The molecule has 9 heteroatoms. The average molecular weight is 450 g/mol. The molecule has 0 spiro atoms. The quantitative estimate of drug-likeness (QED) is 0.733. The molecule has 2 aromatic rings. The molecular formula is C21H24ClN3O4S. The first-order chi connectivity index (χ1) is 14.4. The minimum atomic E-state index is -0.353. The van der Waals surface area contributed by atoms with Crippen LogP contribution < -0.4 is 10.1 Å². The first-order valence-electron chi connectivity index (χ1n) is 9.60. The maximum Gasteiger partial charge on any atom is 0.263 e. The Morgan fingerprint density at radius 1 is 1.33 bits per heavy atom. The van der Waals surface area contributed by atoms with Gasteiger partial charge in [-0.05, 0) is 42.5 Å². The van der Waals surface area contributed by atoms with Gasteiger partial charge in [-0.3, -0.25) is 14.4 Å². The molecule has 0 saturated carbocycles. The van der Waals surface area contributed by atoms with Crippen LogP contribution in [0.2, 0.25) is 5.02 Å². The van der Waals surface area contributed by atoms with Gasteiger partial charge in [-0.25, -0.2) is 0 Å². The van der Waals surface area contributed by atoms with Crippen molar-refractivity contribution in [3.63, 3.8) is 0 Å². The lowest BCUT2D eigenvalue weighted by Crippen LogP contribution is -2.47. The molecule has 1 aliphatic rings. The van der Waals surface area contributed by atoms with Crippen LogP contribution in [0.3, 0.4) is 0 Å². The van der Waals surface area contributed by atoms with Gasteiger partial charge < -0.3 is 19.9 Å². The Hall–Kier alpha value is -2.58. The fourth-order valence-electron chi connectivity index (χ4n) is 3.49. The molecule has 30 heavy (non-hydrogen) atoms. The van der Waals surface area contributed by atoms with Crippen LogP contribution in [0.5, 0.6) is 5.75 Å². The monoisotopic (exact) mass is 449 g/mol. The number of amides is 3. The lowest BCUT2D eigenvalue weighted by molar-refractivity contribution is -0.138. The maximum absolute atomic E-state index is 12.9. The molecule has 1 aliphatic heterocycles. The predicted octanol–water partition coefficient (Wildman–Crippen LogP) is 3.36. The second kappa shape index (κ2) is 9.95. The van der Waals surface area contributed by atoms with Gasteiger partial charge in [0.15, 0.2) is 0 Å². The second-order valence-electron chi connectivity index (χ2n) is 7.15. The molecule has 1 N–H and O–H groups in total. The van der Waals surface area contributed by atoms with Gasteiger partial charge in [-0.15, -0.1) is 11.3 Å². The number of carbonyl (C=O) groups excluding carboxylic acids is 3. The molecular weight excluding hydrogens is 426 g/mol. The van der Waals surface area contributed by atoms with E-state index in [-0.39, 0.29) is 30.2 Å². The highest BCUT2D eigenvalue weighted by atomic mass is 35.5. The lowest BCUT2D eigenvalue weighted by Gasteiger charge is -2.33. The largest absolute Gasteiger partial charge is 0.495 e. The van der Waals surface area contributed by atoms with Crippen LogP contribution in [0.15, 0.2) is 35.7 Å². The summed E-state index contributed by atoms with van der Waals surface area (Å²) in [4.78, 5) is 41.7. The third-order valence-electron chi connectivity index (χ3n) is 4.98. The van der Waals surface area contributed by atoms with Gasteiger partial charge in [0, 0.05) is 25.2 Å². The number of rotatable bonds is 6. The molecule has 1 aromatic carbocycles. The van der Waals surface area contributed by atoms with Crippen LogP contribution >= 0.6 is 22.9 Å². The molecule has 7 nitrogen and oxygen atoms in total. The average Bonchev–Trinajstić information content (AvgIpc) is 3.27. The first kappa shape index (κ1) is 22.1. The van der Waals surface area contributed by atoms with E-state index in [1.165, 1.54) is 23.3 Å². The topological polar surface area (TPSA) is 79.0 Å². The number of nitrogens with zero attached hydrogens (tertiary/aromatic N) is 2. The third-order valence-corrected chi connectivity index (χ3v) is 6.08. The molecule has 160 valence electrons. The van der Waals surface area contributed by atoms with E-state index < -0.39 is 0 Å². The van der Waals surface area contributed by atoms with E-state index in [1.54, 1.807) is 36.2 Å². The summed E-state index contributed by atoms with van der Waals surface area (Å²) in [7, 11) is 3.10. The summed E-state index contributed by atoms with van der Waals surface area (Å²) in [6, 6.07) is 8.55. The van der Waals surface area contributed by atoms with E-state index in [4.69, 9.17) is 16.3 Å². The second-order valence-corrected chi connectivity index (χ2v) is 8.54. The smallest absolute Gasteiger partial charge is 0.263 e. The maximum atomic E-state index is 12.9. The van der Waals surface area contributed by atoms with Crippen molar-refractivity contribution >= 4 is 46.3 Å². The number of piperidine rings is 1. The summed E-state index contributed by atoms with van der Waals surface area (Å²) in [5, 5.41) is 5.06. The van der Waals surface area contributed by atoms with Gasteiger partial charge in [0.25, 0.3) is 5.91 Å². The molecule has 1 aromatic heterocycles. The molecule has 0 bridgehead atoms. The molecule has 3 rings (SSSR count). The van der Waals surface area contributed by atoms with Crippen LogP contribution in [0.1, 0.15) is 22.5 Å². The molecule has 2 heterocycles. The van der Waals surface area contributed by atoms with E-state index in [9.17, 15) is 14.4 Å². The highest BCUT2D eigenvalue weighted by molar-refractivity contribution is 7.12. The summed E-state index contributed by atoms with van der Waals surface area (Å²) >= 11 is 7.38. The van der Waals surface area contributed by atoms with Crippen LogP contribution in [0, 0.1) is 5.92 Å². The zero-order chi connectivity index (χ0) is 21.7. The highest BCUT2D eigenvalue weighted by Gasteiger charge is 2.31. The number of methoxy groups -OCH3 is 1. The summed E-state index contributed by atoms with van der Waals surface area (Å²) in [6.07, 6.45) is 1.45. The van der Waals surface area contributed by atoms with Gasteiger partial charge in [0.05, 0.1) is 30.1 Å². The van der Waals surface area contributed by atoms with E-state index in [1.807, 2.05) is 11.4 Å². The standard InChI is InChI=1S/C21H24ClN3O4S/c1-24(13-19(26)23-16-11-15(22)7-8-17(16)29-2)20(27)14-5-3-9-25(12-14)21(28)18-6-4-10-30-18/h4,6-8,10-11,14H,3,5,9,12-13H2,1-2H3,(H,23,26). The van der Waals surface area contributed by atoms with Crippen LogP contribution in [0.25, 0.3) is 0 Å². The van der Waals surface area contributed by atoms with Gasteiger partial charge in [-0.2, -0.15) is 0 Å². The number of hydrogen-bond donors (Lipinski definition) is 1. The fourth-order valence-corrected chi connectivity index (χ4v) is 4.35. The Morgan fingerprint density at radius 3 is 2.83 bits per heavy atom. The van der Waals surface area contributed by atoms with Gasteiger partial charge in [0.1, 0.15) is 5.75 Å². The Balaban J connectivity index is 1.58. The zero-order valence-electron chi connectivity index (χ0n) is 16.9. The SMILES string of the molecule is COc1ccc(Cl)cc1NC(=O)CN(C)C(=O)C1CCCN(C(=O)c2cccs2)C1. The molecule has 3 amide bonds. The molecule has 1 fully saturated rings. The number of likely N-dealkylation sites (N-methyl/N-ethyl adjacent to an activating group) is 1. The normalized spacial score (nSPS) is 16.1. The Bertz CT molecular complexity index is 919. The molecule has 1 unspecified atom stereocenters. The summed E-state index contributed by atoms with van der Waals surface area (Å²) < 4.78 is 5.22. The number of nitrogens with one attached hydrogen (secondary N) is 1. The van der Waals surface area contributed by atoms with Crippen LogP contribution in [0.4, 0.5) is 5.69 Å². The van der Waals surface area contributed by atoms with E-state index in [2.05, 4.69) is 5.32 Å². The summed E-state index contributed by atoms with van der Waals surface area (Å²) in [6.45, 7) is 0.896. The van der Waals surface area contributed by atoms with Gasteiger partial charge >= 0.3 is 0 Å². The number of likely N-dealkylation sites (tertiary alicyclic amines) is 1. The van der Waals surface area contributed by atoms with E-state index in [0.29, 0.717) is 40.8 Å². The Morgan fingerprint density at radius 2 is 2.13 bits per heavy atom.